The van der Waals surface area contributed by atoms with Gasteiger partial charge < -0.3 is 0 Å². The first-order valence-electron chi connectivity index (χ1n) is 24.7. The van der Waals surface area contributed by atoms with Gasteiger partial charge in [-0.15, -0.1) is 0 Å². The number of hydrogen-bond acceptors (Lipinski definition) is 3. The number of hydrogen-bond donors (Lipinski definition) is 0. The van der Waals surface area contributed by atoms with E-state index < -0.39 is 0 Å². The van der Waals surface area contributed by atoms with Crippen LogP contribution in [0.15, 0.2) is 231 Å². The Bertz CT molecular complexity index is 3850. The van der Waals surface area contributed by atoms with Crippen LogP contribution in [0.25, 0.3) is 94.3 Å². The maximum absolute atomic E-state index is 5.05. The lowest BCUT2D eigenvalue weighted by atomic mass is 9.89. The van der Waals surface area contributed by atoms with E-state index in [9.17, 15) is 0 Å². The Balaban J connectivity index is 0.849. The fraction of sp³-hybridized carbons (Fsp3) is 0.0896. The molecule has 0 saturated heterocycles. The zero-order chi connectivity index (χ0) is 47.7. The summed E-state index contributed by atoms with van der Waals surface area (Å²) in [5, 5.41) is 3.71. The minimum absolute atomic E-state index is 0.924. The van der Waals surface area contributed by atoms with E-state index in [1.807, 2.05) is 24.5 Å². The van der Waals surface area contributed by atoms with Crippen molar-refractivity contribution in [1.82, 2.24) is 19.4 Å². The normalized spacial score (nSPS) is 11.5. The van der Waals surface area contributed by atoms with Gasteiger partial charge in [-0.2, -0.15) is 0 Å². The third-order valence-corrected chi connectivity index (χ3v) is 14.3. The van der Waals surface area contributed by atoms with Gasteiger partial charge in [-0.05, 0) is 142 Å². The van der Waals surface area contributed by atoms with E-state index >= 15 is 0 Å². The standard InChI is InChI=1S/C67H52N4/c1-45-46(2)71-66-18-9-8-16-61(66)63-43-48(25-36-62(63)67(71)70-45)20-22-50-40-49(21-19-47-23-26-55(27-24-47)64-17-10-11-38-68-64)41-58(42-50)60-15-7-6-14-59(60)54-32-34-56(35-33-54)65-44-57(37-39-69-65)53-30-28-52(29-31-53)51-12-4-3-5-13-51/h3-18,23-44H,19-22H2,1-2H3. The number of aryl methyl sites for hydroxylation is 6. The van der Waals surface area contributed by atoms with Gasteiger partial charge in [0.15, 0.2) is 0 Å². The Hall–Kier alpha value is -8.73. The van der Waals surface area contributed by atoms with Crippen molar-refractivity contribution in [2.75, 3.05) is 0 Å². The molecule has 0 radical (unpaired) electrons. The first-order valence-corrected chi connectivity index (χ1v) is 24.7. The molecule has 0 N–H and O–H groups in total. The lowest BCUT2D eigenvalue weighted by molar-refractivity contribution is 0.932. The molecule has 0 spiro atoms. The number of rotatable bonds is 12. The first kappa shape index (κ1) is 43.5. The van der Waals surface area contributed by atoms with E-state index in [0.29, 0.717) is 0 Å². The molecule has 8 aromatic carbocycles. The fourth-order valence-electron chi connectivity index (χ4n) is 10.4. The molecule has 0 unspecified atom stereocenters. The van der Waals surface area contributed by atoms with E-state index in [1.54, 1.807) is 0 Å². The molecule has 0 fully saturated rings. The number of aromatic nitrogens is 4. The molecule has 340 valence electrons. The van der Waals surface area contributed by atoms with E-state index in [1.165, 1.54) is 88.6 Å². The molecule has 4 heterocycles. The van der Waals surface area contributed by atoms with Crippen LogP contribution < -0.4 is 0 Å². The predicted octanol–water partition coefficient (Wildman–Crippen LogP) is 16.6. The molecule has 0 saturated carbocycles. The molecule has 4 aromatic heterocycles. The Morgan fingerprint density at radius 2 is 0.901 bits per heavy atom. The van der Waals surface area contributed by atoms with Crippen LogP contribution in [0.3, 0.4) is 0 Å². The molecule has 0 atom stereocenters. The SMILES string of the molecule is Cc1nc2c3ccc(CCc4cc(CCc5ccc(-c6ccccn6)cc5)cc(-c5ccccc5-c5ccc(-c6cc(-c7ccc(-c8ccccc8)cc7)ccn6)cc5)c4)cc3c3ccccc3n2c1C. The van der Waals surface area contributed by atoms with Crippen LogP contribution in [-0.2, 0) is 25.7 Å². The molecule has 71 heavy (non-hydrogen) atoms. The van der Waals surface area contributed by atoms with Gasteiger partial charge in [0, 0.05) is 40.0 Å². The van der Waals surface area contributed by atoms with Crippen LogP contribution in [-0.4, -0.2) is 19.4 Å². The van der Waals surface area contributed by atoms with Crippen molar-refractivity contribution in [2.24, 2.45) is 0 Å². The molecule has 0 aliphatic heterocycles. The second-order valence-electron chi connectivity index (χ2n) is 18.8. The highest BCUT2D eigenvalue weighted by molar-refractivity contribution is 6.12. The van der Waals surface area contributed by atoms with Crippen LogP contribution in [0.1, 0.15) is 33.6 Å². The summed E-state index contributed by atoms with van der Waals surface area (Å²) in [5.74, 6) is 0. The summed E-state index contributed by atoms with van der Waals surface area (Å²) in [6.07, 6.45) is 7.51. The second-order valence-corrected chi connectivity index (χ2v) is 18.8. The fourth-order valence-corrected chi connectivity index (χ4v) is 10.4. The summed E-state index contributed by atoms with van der Waals surface area (Å²) in [6.45, 7) is 4.28. The maximum Gasteiger partial charge on any atom is 0.145 e. The quantitative estimate of drug-likeness (QED) is 0.115. The van der Waals surface area contributed by atoms with Crippen LogP contribution >= 0.6 is 0 Å². The number of para-hydroxylation sites is 1. The average Bonchev–Trinajstić information content (AvgIpc) is 3.75. The van der Waals surface area contributed by atoms with Crippen molar-refractivity contribution < 1.29 is 0 Å². The van der Waals surface area contributed by atoms with Crippen molar-refractivity contribution in [3.05, 3.63) is 264 Å². The van der Waals surface area contributed by atoms with Crippen LogP contribution in [0, 0.1) is 13.8 Å². The molecular formula is C67H52N4. The summed E-state index contributed by atoms with van der Waals surface area (Å²) in [6, 6.07) is 79.4. The Labute approximate surface area is 415 Å². The van der Waals surface area contributed by atoms with Crippen LogP contribution in [0.5, 0.6) is 0 Å². The number of fused-ring (bicyclic) bond motifs is 6. The van der Waals surface area contributed by atoms with Crippen molar-refractivity contribution >= 4 is 27.3 Å². The minimum Gasteiger partial charge on any atom is -0.296 e. The summed E-state index contributed by atoms with van der Waals surface area (Å²) >= 11 is 0. The zero-order valence-corrected chi connectivity index (χ0v) is 40.1. The lowest BCUT2D eigenvalue weighted by Gasteiger charge is -2.15. The van der Waals surface area contributed by atoms with Crippen molar-refractivity contribution in [3.8, 4) is 67.0 Å². The van der Waals surface area contributed by atoms with Gasteiger partial charge in [-0.1, -0.05) is 188 Å². The Morgan fingerprint density at radius 3 is 1.65 bits per heavy atom. The molecule has 4 heteroatoms. The third-order valence-electron chi connectivity index (χ3n) is 14.3. The van der Waals surface area contributed by atoms with Gasteiger partial charge in [-0.3, -0.25) is 14.4 Å². The highest BCUT2D eigenvalue weighted by Crippen LogP contribution is 2.37. The zero-order valence-electron chi connectivity index (χ0n) is 40.1. The topological polar surface area (TPSA) is 43.1 Å². The Morgan fingerprint density at radius 1 is 0.338 bits per heavy atom. The second kappa shape index (κ2) is 19.0. The van der Waals surface area contributed by atoms with E-state index in [4.69, 9.17) is 9.97 Å². The largest absolute Gasteiger partial charge is 0.296 e. The summed E-state index contributed by atoms with van der Waals surface area (Å²) in [4.78, 5) is 14.4. The predicted molar refractivity (Wildman–Crippen MR) is 296 cm³/mol. The summed E-state index contributed by atoms with van der Waals surface area (Å²) < 4.78 is 2.32. The van der Waals surface area contributed by atoms with Crippen LogP contribution in [0.2, 0.25) is 0 Å². The van der Waals surface area contributed by atoms with Crippen molar-refractivity contribution in [3.63, 3.8) is 0 Å². The van der Waals surface area contributed by atoms with Gasteiger partial charge in [0.1, 0.15) is 5.65 Å². The van der Waals surface area contributed by atoms with E-state index in [-0.39, 0.29) is 0 Å². The molecule has 12 aromatic rings. The van der Waals surface area contributed by atoms with Gasteiger partial charge in [0.2, 0.25) is 0 Å². The molecule has 0 aliphatic rings. The number of benzene rings is 8. The summed E-state index contributed by atoms with van der Waals surface area (Å²) in [7, 11) is 0. The van der Waals surface area contributed by atoms with Crippen molar-refractivity contribution in [1.29, 1.82) is 0 Å². The molecule has 4 nitrogen and oxygen atoms in total. The van der Waals surface area contributed by atoms with Gasteiger partial charge in [0.25, 0.3) is 0 Å². The first-order chi connectivity index (χ1) is 35.0. The number of pyridine rings is 3. The Kier molecular flexibility index (Phi) is 11.6. The van der Waals surface area contributed by atoms with Crippen LogP contribution in [0.4, 0.5) is 0 Å². The van der Waals surface area contributed by atoms with E-state index in [2.05, 4.69) is 229 Å². The van der Waals surface area contributed by atoms with E-state index in [0.717, 1.165) is 65.1 Å². The molecule has 12 rings (SSSR count). The highest BCUT2D eigenvalue weighted by atomic mass is 15.0. The molecule has 0 aliphatic carbocycles. The number of imidazole rings is 1. The monoisotopic (exact) mass is 912 g/mol. The lowest BCUT2D eigenvalue weighted by Crippen LogP contribution is -1.98. The van der Waals surface area contributed by atoms with Crippen molar-refractivity contribution in [2.45, 2.75) is 39.5 Å². The van der Waals surface area contributed by atoms with Gasteiger partial charge in [-0.25, -0.2) is 4.98 Å². The van der Waals surface area contributed by atoms with Gasteiger partial charge in [0.05, 0.1) is 22.6 Å². The summed E-state index contributed by atoms with van der Waals surface area (Å²) in [5.41, 5.74) is 23.6. The smallest absolute Gasteiger partial charge is 0.145 e. The molecule has 0 bridgehead atoms. The minimum atomic E-state index is 0.924. The average molecular weight is 913 g/mol. The third kappa shape index (κ3) is 8.81. The molecular weight excluding hydrogens is 861 g/mol. The maximum atomic E-state index is 5.05. The number of nitrogens with zero attached hydrogens (tertiary/aromatic N) is 4. The highest BCUT2D eigenvalue weighted by Gasteiger charge is 2.16. The van der Waals surface area contributed by atoms with Gasteiger partial charge >= 0.3 is 0 Å². The molecule has 0 amide bonds.